The van der Waals surface area contributed by atoms with Gasteiger partial charge in [0.2, 0.25) is 0 Å². The first-order valence-electron chi connectivity index (χ1n) is 5.35. The minimum atomic E-state index is 0.616. The molecule has 2 aromatic rings. The number of ether oxygens (including phenoxy) is 1. The number of rotatable bonds is 1. The van der Waals surface area contributed by atoms with Gasteiger partial charge in [0.25, 0.3) is 0 Å². The lowest BCUT2D eigenvalue weighted by molar-refractivity contribution is 0.417. The third-order valence-corrected chi connectivity index (χ3v) is 3.00. The Morgan fingerprint density at radius 1 is 1.38 bits per heavy atom. The molecular weight excluding hydrogens is 202 g/mol. The molecule has 1 aliphatic carbocycles. The first kappa shape index (κ1) is 9.33. The van der Waals surface area contributed by atoms with E-state index in [0.717, 1.165) is 29.6 Å². The first-order valence-corrected chi connectivity index (χ1v) is 5.35. The monoisotopic (exact) mass is 215 g/mol. The lowest BCUT2D eigenvalue weighted by Gasteiger charge is -2.05. The zero-order valence-electron chi connectivity index (χ0n) is 9.12. The van der Waals surface area contributed by atoms with Crippen LogP contribution in [-0.4, -0.2) is 7.11 Å². The molecule has 0 unspecified atom stereocenters. The number of allylic oxidation sites excluding steroid dienone is 1. The Bertz CT molecular complexity index is 581. The van der Waals surface area contributed by atoms with Crippen LogP contribution in [0.3, 0.4) is 0 Å². The highest BCUT2D eigenvalue weighted by Gasteiger charge is 2.16. The van der Waals surface area contributed by atoms with Crippen molar-refractivity contribution in [2.45, 2.75) is 12.8 Å². The van der Waals surface area contributed by atoms with Crippen LogP contribution in [0.15, 0.2) is 22.6 Å². The Hall–Kier alpha value is -1.90. The molecule has 1 aromatic carbocycles. The van der Waals surface area contributed by atoms with Gasteiger partial charge in [-0.05, 0) is 25.0 Å². The van der Waals surface area contributed by atoms with Gasteiger partial charge in [0.05, 0.1) is 12.8 Å². The molecule has 0 saturated heterocycles. The molecule has 0 saturated carbocycles. The molecule has 0 fully saturated rings. The Morgan fingerprint density at radius 3 is 3.06 bits per heavy atom. The molecule has 3 nitrogen and oxygen atoms in total. The molecule has 16 heavy (non-hydrogen) atoms. The quantitative estimate of drug-likeness (QED) is 0.744. The topological polar surface area (TPSA) is 48.4 Å². The van der Waals surface area contributed by atoms with E-state index in [1.54, 1.807) is 7.11 Å². The predicted octanol–water partition coefficient (Wildman–Crippen LogP) is 2.98. The fraction of sp³-hybridized carbons (Fsp3) is 0.231. The lowest BCUT2D eigenvalue weighted by atomic mass is 10.0. The largest absolute Gasteiger partial charge is 0.495 e. The lowest BCUT2D eigenvalue weighted by Crippen LogP contribution is -1.93. The number of fused-ring (bicyclic) bond motifs is 3. The van der Waals surface area contributed by atoms with Gasteiger partial charge in [0.15, 0.2) is 0 Å². The van der Waals surface area contributed by atoms with Crippen LogP contribution in [0.4, 0.5) is 5.69 Å². The summed E-state index contributed by atoms with van der Waals surface area (Å²) in [5.41, 5.74) is 8.57. The summed E-state index contributed by atoms with van der Waals surface area (Å²) < 4.78 is 11.0. The highest BCUT2D eigenvalue weighted by atomic mass is 16.5. The molecule has 3 rings (SSSR count). The van der Waals surface area contributed by atoms with Crippen LogP contribution in [0.2, 0.25) is 0 Å². The number of nitrogens with two attached hydrogens (primary N) is 1. The van der Waals surface area contributed by atoms with Crippen molar-refractivity contribution in [2.24, 2.45) is 0 Å². The van der Waals surface area contributed by atoms with Crippen LogP contribution in [-0.2, 0) is 6.42 Å². The summed E-state index contributed by atoms with van der Waals surface area (Å²) in [6.07, 6.45) is 6.24. The number of hydrogen-bond donors (Lipinski definition) is 1. The average molecular weight is 215 g/mol. The van der Waals surface area contributed by atoms with Crippen molar-refractivity contribution in [3.63, 3.8) is 0 Å². The summed E-state index contributed by atoms with van der Waals surface area (Å²) >= 11 is 0. The summed E-state index contributed by atoms with van der Waals surface area (Å²) in [6.45, 7) is 0. The van der Waals surface area contributed by atoms with Crippen molar-refractivity contribution in [3.8, 4) is 5.75 Å². The van der Waals surface area contributed by atoms with E-state index >= 15 is 0 Å². The molecule has 1 heterocycles. The summed E-state index contributed by atoms with van der Waals surface area (Å²) in [7, 11) is 1.63. The number of furan rings is 1. The SMILES string of the molecule is COc1cc2c3c(oc2cc1N)C=CCC3. The maximum atomic E-state index is 5.85. The van der Waals surface area contributed by atoms with E-state index in [4.69, 9.17) is 14.9 Å². The summed E-state index contributed by atoms with van der Waals surface area (Å²) in [6, 6.07) is 3.80. The number of benzene rings is 1. The van der Waals surface area contributed by atoms with E-state index in [2.05, 4.69) is 6.08 Å². The Labute approximate surface area is 93.5 Å². The molecule has 82 valence electrons. The zero-order chi connectivity index (χ0) is 11.1. The van der Waals surface area contributed by atoms with Crippen molar-refractivity contribution in [1.82, 2.24) is 0 Å². The molecule has 0 amide bonds. The molecule has 0 atom stereocenters. The van der Waals surface area contributed by atoms with Gasteiger partial charge >= 0.3 is 0 Å². The van der Waals surface area contributed by atoms with E-state index in [0.29, 0.717) is 11.4 Å². The van der Waals surface area contributed by atoms with Gasteiger partial charge in [-0.15, -0.1) is 0 Å². The number of hydrogen-bond acceptors (Lipinski definition) is 3. The number of aryl methyl sites for hydroxylation is 1. The second-order valence-electron chi connectivity index (χ2n) is 3.98. The number of methoxy groups -OCH3 is 1. The molecule has 1 aliphatic rings. The van der Waals surface area contributed by atoms with Gasteiger partial charge in [0.1, 0.15) is 17.1 Å². The predicted molar refractivity (Wildman–Crippen MR) is 64.5 cm³/mol. The molecular formula is C13H13NO2. The van der Waals surface area contributed by atoms with Gasteiger partial charge < -0.3 is 14.9 Å². The fourth-order valence-electron chi connectivity index (χ4n) is 2.20. The molecule has 0 radical (unpaired) electrons. The molecule has 3 heteroatoms. The highest BCUT2D eigenvalue weighted by molar-refractivity contribution is 5.89. The first-order chi connectivity index (χ1) is 7.79. The normalized spacial score (nSPS) is 14.1. The van der Waals surface area contributed by atoms with Crippen LogP contribution < -0.4 is 10.5 Å². The maximum absolute atomic E-state index is 5.85. The van der Waals surface area contributed by atoms with E-state index < -0.39 is 0 Å². The van der Waals surface area contributed by atoms with Crippen LogP contribution in [0.5, 0.6) is 5.75 Å². The van der Waals surface area contributed by atoms with Crippen molar-refractivity contribution < 1.29 is 9.15 Å². The molecule has 0 aliphatic heterocycles. The van der Waals surface area contributed by atoms with Crippen LogP contribution in [0, 0.1) is 0 Å². The molecule has 0 bridgehead atoms. The van der Waals surface area contributed by atoms with Crippen LogP contribution in [0.25, 0.3) is 17.0 Å². The van der Waals surface area contributed by atoms with Crippen LogP contribution >= 0.6 is 0 Å². The maximum Gasteiger partial charge on any atom is 0.142 e. The highest BCUT2D eigenvalue weighted by Crippen LogP contribution is 2.36. The van der Waals surface area contributed by atoms with E-state index in [1.807, 2.05) is 18.2 Å². The van der Waals surface area contributed by atoms with Gasteiger partial charge in [-0.25, -0.2) is 0 Å². The Kier molecular flexibility index (Phi) is 1.93. The van der Waals surface area contributed by atoms with Crippen molar-refractivity contribution in [2.75, 3.05) is 12.8 Å². The smallest absolute Gasteiger partial charge is 0.142 e. The van der Waals surface area contributed by atoms with Crippen molar-refractivity contribution >= 4 is 22.7 Å². The minimum Gasteiger partial charge on any atom is -0.495 e. The van der Waals surface area contributed by atoms with Gasteiger partial charge in [-0.3, -0.25) is 0 Å². The van der Waals surface area contributed by atoms with Gasteiger partial charge in [0, 0.05) is 17.0 Å². The number of nitrogen functional groups attached to an aromatic ring is 1. The Balaban J connectivity index is 2.32. The third kappa shape index (κ3) is 1.21. The molecule has 2 N–H and O–H groups in total. The second kappa shape index (κ2) is 3.30. The van der Waals surface area contributed by atoms with Crippen molar-refractivity contribution in [3.05, 3.63) is 29.5 Å². The average Bonchev–Trinajstić information content (AvgIpc) is 2.65. The fourth-order valence-corrected chi connectivity index (χ4v) is 2.20. The molecule has 1 aromatic heterocycles. The number of anilines is 1. The molecule has 0 spiro atoms. The summed E-state index contributed by atoms with van der Waals surface area (Å²) in [5, 5.41) is 1.12. The zero-order valence-corrected chi connectivity index (χ0v) is 9.12. The van der Waals surface area contributed by atoms with Gasteiger partial charge in [-0.1, -0.05) is 6.08 Å². The van der Waals surface area contributed by atoms with Crippen LogP contribution in [0.1, 0.15) is 17.7 Å². The summed E-state index contributed by atoms with van der Waals surface area (Å²) in [4.78, 5) is 0. The van der Waals surface area contributed by atoms with E-state index in [1.165, 1.54) is 5.56 Å². The third-order valence-electron chi connectivity index (χ3n) is 3.00. The standard InChI is InChI=1S/C13H13NO2/c1-15-13-6-9-8-4-2-3-5-11(8)16-12(9)7-10(13)14/h3,5-7H,2,4,14H2,1H3. The van der Waals surface area contributed by atoms with Gasteiger partial charge in [-0.2, -0.15) is 0 Å². The van der Waals surface area contributed by atoms with E-state index in [9.17, 15) is 0 Å². The summed E-state index contributed by atoms with van der Waals surface area (Å²) in [5.74, 6) is 1.67. The van der Waals surface area contributed by atoms with E-state index in [-0.39, 0.29) is 0 Å². The van der Waals surface area contributed by atoms with Crippen molar-refractivity contribution in [1.29, 1.82) is 0 Å². The Morgan fingerprint density at radius 2 is 2.25 bits per heavy atom. The minimum absolute atomic E-state index is 0.616. The second-order valence-corrected chi connectivity index (χ2v) is 3.98.